The molecule has 98 valence electrons. The summed E-state index contributed by atoms with van der Waals surface area (Å²) in [5.41, 5.74) is 0. The van der Waals surface area contributed by atoms with Crippen molar-refractivity contribution < 1.29 is 14.1 Å². The highest BCUT2D eigenvalue weighted by molar-refractivity contribution is 5.96. The van der Waals surface area contributed by atoms with Gasteiger partial charge in [-0.3, -0.25) is 9.59 Å². The molecule has 2 amide bonds. The van der Waals surface area contributed by atoms with Gasteiger partial charge in [0.25, 0.3) is 0 Å². The van der Waals surface area contributed by atoms with E-state index in [0.29, 0.717) is 18.1 Å². The Morgan fingerprint density at radius 2 is 2.33 bits per heavy atom. The molecule has 0 aliphatic carbocycles. The SMILES string of the molecule is Cc1cc(NC(=O)[C@H]2CC(=O)N(C(C)C)C2)no1. The predicted octanol–water partition coefficient (Wildman–Crippen LogP) is 1.18. The lowest BCUT2D eigenvalue weighted by atomic mass is 10.1. The van der Waals surface area contributed by atoms with Crippen molar-refractivity contribution in [1.29, 1.82) is 0 Å². The number of nitrogens with zero attached hydrogens (tertiary/aromatic N) is 2. The maximum absolute atomic E-state index is 12.0. The normalized spacial score (nSPS) is 19.7. The maximum Gasteiger partial charge on any atom is 0.231 e. The zero-order valence-electron chi connectivity index (χ0n) is 10.8. The van der Waals surface area contributed by atoms with Crippen molar-refractivity contribution in [2.45, 2.75) is 33.2 Å². The van der Waals surface area contributed by atoms with E-state index in [2.05, 4.69) is 10.5 Å². The second-order valence-corrected chi connectivity index (χ2v) is 4.85. The standard InChI is InChI=1S/C12H17N3O3/c1-7(2)15-6-9(5-11(15)16)12(17)13-10-4-8(3)18-14-10/h4,7,9H,5-6H2,1-3H3,(H,13,14,17)/t9-/m0/s1. The zero-order chi connectivity index (χ0) is 13.3. The average Bonchev–Trinajstić information content (AvgIpc) is 2.85. The van der Waals surface area contributed by atoms with Crippen LogP contribution in [0.4, 0.5) is 5.82 Å². The Labute approximate surface area is 105 Å². The van der Waals surface area contributed by atoms with Gasteiger partial charge in [0.15, 0.2) is 5.82 Å². The number of aryl methyl sites for hydroxylation is 1. The molecule has 0 bridgehead atoms. The summed E-state index contributed by atoms with van der Waals surface area (Å²) >= 11 is 0. The summed E-state index contributed by atoms with van der Waals surface area (Å²) in [6, 6.07) is 1.78. The summed E-state index contributed by atoms with van der Waals surface area (Å²) in [5.74, 6) is 0.572. The Morgan fingerprint density at radius 3 is 2.83 bits per heavy atom. The second kappa shape index (κ2) is 4.80. The van der Waals surface area contributed by atoms with Gasteiger partial charge in [-0.2, -0.15) is 0 Å². The number of rotatable bonds is 3. The Morgan fingerprint density at radius 1 is 1.61 bits per heavy atom. The van der Waals surface area contributed by atoms with Crippen molar-refractivity contribution in [2.24, 2.45) is 5.92 Å². The van der Waals surface area contributed by atoms with E-state index < -0.39 is 0 Å². The number of anilines is 1. The van der Waals surface area contributed by atoms with Crippen LogP contribution in [0.5, 0.6) is 0 Å². The highest BCUT2D eigenvalue weighted by Crippen LogP contribution is 2.21. The molecule has 0 spiro atoms. The minimum atomic E-state index is -0.308. The van der Waals surface area contributed by atoms with E-state index in [1.54, 1.807) is 17.9 Å². The zero-order valence-corrected chi connectivity index (χ0v) is 10.8. The molecular formula is C12H17N3O3. The van der Waals surface area contributed by atoms with Crippen LogP contribution >= 0.6 is 0 Å². The number of likely N-dealkylation sites (tertiary alicyclic amines) is 1. The lowest BCUT2D eigenvalue weighted by Gasteiger charge is -2.20. The number of carbonyl (C=O) groups excluding carboxylic acids is 2. The third-order valence-corrected chi connectivity index (χ3v) is 3.03. The number of hydrogen-bond acceptors (Lipinski definition) is 4. The van der Waals surface area contributed by atoms with Crippen LogP contribution in [0.25, 0.3) is 0 Å². The second-order valence-electron chi connectivity index (χ2n) is 4.85. The highest BCUT2D eigenvalue weighted by atomic mass is 16.5. The van der Waals surface area contributed by atoms with Crippen molar-refractivity contribution in [3.05, 3.63) is 11.8 Å². The number of nitrogens with one attached hydrogen (secondary N) is 1. The van der Waals surface area contributed by atoms with Crippen LogP contribution < -0.4 is 5.32 Å². The van der Waals surface area contributed by atoms with E-state index in [1.165, 1.54) is 0 Å². The molecule has 0 saturated carbocycles. The summed E-state index contributed by atoms with van der Waals surface area (Å²) in [6.07, 6.45) is 0.265. The molecular weight excluding hydrogens is 234 g/mol. The highest BCUT2D eigenvalue weighted by Gasteiger charge is 2.35. The minimum absolute atomic E-state index is 0.0292. The first-order chi connectivity index (χ1) is 8.47. The molecule has 1 aliphatic rings. The summed E-state index contributed by atoms with van der Waals surface area (Å²) in [6.45, 7) is 6.11. The molecule has 1 aromatic rings. The molecule has 2 rings (SSSR count). The third kappa shape index (κ3) is 2.52. The van der Waals surface area contributed by atoms with Gasteiger partial charge in [0.05, 0.1) is 5.92 Å². The van der Waals surface area contributed by atoms with Crippen LogP contribution in [0.3, 0.4) is 0 Å². The third-order valence-electron chi connectivity index (χ3n) is 3.03. The summed E-state index contributed by atoms with van der Waals surface area (Å²) in [7, 11) is 0. The van der Waals surface area contributed by atoms with Gasteiger partial charge < -0.3 is 14.7 Å². The topological polar surface area (TPSA) is 75.4 Å². The molecule has 0 radical (unpaired) electrons. The van der Waals surface area contributed by atoms with Crippen molar-refractivity contribution in [2.75, 3.05) is 11.9 Å². The van der Waals surface area contributed by atoms with Crippen molar-refractivity contribution >= 4 is 17.6 Å². The first-order valence-corrected chi connectivity index (χ1v) is 6.01. The van der Waals surface area contributed by atoms with Crippen molar-refractivity contribution in [3.63, 3.8) is 0 Å². The summed E-state index contributed by atoms with van der Waals surface area (Å²) in [4.78, 5) is 25.4. The number of carbonyl (C=O) groups is 2. The molecule has 1 fully saturated rings. The fourth-order valence-electron chi connectivity index (χ4n) is 2.06. The Hall–Kier alpha value is -1.85. The number of aromatic nitrogens is 1. The lowest BCUT2D eigenvalue weighted by Crippen LogP contribution is -2.33. The summed E-state index contributed by atoms with van der Waals surface area (Å²) in [5, 5.41) is 6.36. The van der Waals surface area contributed by atoms with Gasteiger partial charge >= 0.3 is 0 Å². The quantitative estimate of drug-likeness (QED) is 0.875. The smallest absolute Gasteiger partial charge is 0.231 e. The molecule has 6 nitrogen and oxygen atoms in total. The van der Waals surface area contributed by atoms with Gasteiger partial charge in [0, 0.05) is 25.1 Å². The van der Waals surface area contributed by atoms with E-state index in [0.717, 1.165) is 0 Å². The van der Waals surface area contributed by atoms with Gasteiger partial charge in [0.1, 0.15) is 5.76 Å². The average molecular weight is 251 g/mol. The molecule has 0 aromatic carbocycles. The van der Waals surface area contributed by atoms with Crippen LogP contribution in [0.2, 0.25) is 0 Å². The van der Waals surface area contributed by atoms with Crippen LogP contribution in [-0.4, -0.2) is 34.5 Å². The van der Waals surface area contributed by atoms with E-state index in [-0.39, 0.29) is 30.2 Å². The monoisotopic (exact) mass is 251 g/mol. The van der Waals surface area contributed by atoms with Crippen LogP contribution in [0.1, 0.15) is 26.0 Å². The molecule has 2 heterocycles. The fourth-order valence-corrected chi connectivity index (χ4v) is 2.06. The predicted molar refractivity (Wildman–Crippen MR) is 64.8 cm³/mol. The fraction of sp³-hybridized carbons (Fsp3) is 0.583. The van der Waals surface area contributed by atoms with E-state index >= 15 is 0 Å². The van der Waals surface area contributed by atoms with Gasteiger partial charge in [0.2, 0.25) is 11.8 Å². The van der Waals surface area contributed by atoms with Crippen molar-refractivity contribution in [3.8, 4) is 0 Å². The van der Waals surface area contributed by atoms with Gasteiger partial charge in [-0.25, -0.2) is 0 Å². The first kappa shape index (κ1) is 12.6. The molecule has 1 aliphatic heterocycles. The lowest BCUT2D eigenvalue weighted by molar-refractivity contribution is -0.129. The molecule has 1 N–H and O–H groups in total. The minimum Gasteiger partial charge on any atom is -0.360 e. The van der Waals surface area contributed by atoms with E-state index in [4.69, 9.17) is 4.52 Å². The van der Waals surface area contributed by atoms with Gasteiger partial charge in [-0.05, 0) is 20.8 Å². The maximum atomic E-state index is 12.0. The van der Waals surface area contributed by atoms with Crippen LogP contribution in [-0.2, 0) is 9.59 Å². The Balaban J connectivity index is 1.97. The Bertz CT molecular complexity index is 467. The molecule has 1 aromatic heterocycles. The van der Waals surface area contributed by atoms with Gasteiger partial charge in [-0.15, -0.1) is 0 Å². The summed E-state index contributed by atoms with van der Waals surface area (Å²) < 4.78 is 4.87. The number of amides is 2. The molecule has 1 saturated heterocycles. The largest absolute Gasteiger partial charge is 0.360 e. The number of hydrogen-bond donors (Lipinski definition) is 1. The van der Waals surface area contributed by atoms with E-state index in [1.807, 2.05) is 13.8 Å². The Kier molecular flexibility index (Phi) is 3.36. The van der Waals surface area contributed by atoms with Gasteiger partial charge in [-0.1, -0.05) is 5.16 Å². The van der Waals surface area contributed by atoms with Crippen LogP contribution in [0.15, 0.2) is 10.6 Å². The van der Waals surface area contributed by atoms with Crippen molar-refractivity contribution in [1.82, 2.24) is 10.1 Å². The molecule has 1 atom stereocenters. The molecule has 0 unspecified atom stereocenters. The molecule has 18 heavy (non-hydrogen) atoms. The molecule has 6 heteroatoms. The van der Waals surface area contributed by atoms with E-state index in [9.17, 15) is 9.59 Å². The van der Waals surface area contributed by atoms with Crippen LogP contribution in [0, 0.1) is 12.8 Å². The first-order valence-electron chi connectivity index (χ1n) is 6.01.